The van der Waals surface area contributed by atoms with E-state index in [1.807, 2.05) is 24.9 Å². The first-order valence-electron chi connectivity index (χ1n) is 10.3. The molecule has 0 radical (unpaired) electrons. The van der Waals surface area contributed by atoms with Crippen molar-refractivity contribution in [3.05, 3.63) is 29.3 Å². The number of likely N-dealkylation sites (N-methyl/N-ethyl adjacent to an activating group) is 1. The summed E-state index contributed by atoms with van der Waals surface area (Å²) in [6.07, 6.45) is 1.04. The highest BCUT2D eigenvalue weighted by molar-refractivity contribution is 5.94. The van der Waals surface area contributed by atoms with Crippen molar-refractivity contribution in [2.24, 2.45) is 11.7 Å². The number of amides is 1. The van der Waals surface area contributed by atoms with E-state index in [2.05, 4.69) is 51.4 Å². The SMILES string of the molecule is C.Cc1ccc(C(N)=O)cc1Nc1nc(NC2CCN(C)C2)nc(N(C)CC(C)C)n1. The number of aryl methyl sites for hydroxylation is 1. The molecule has 1 amide bonds. The van der Waals surface area contributed by atoms with Crippen molar-refractivity contribution < 1.29 is 4.79 Å². The molecule has 1 aliphatic heterocycles. The fourth-order valence-corrected chi connectivity index (χ4v) is 3.55. The zero-order chi connectivity index (χ0) is 21.8. The summed E-state index contributed by atoms with van der Waals surface area (Å²) in [6.45, 7) is 9.09. The maximum Gasteiger partial charge on any atom is 0.248 e. The van der Waals surface area contributed by atoms with E-state index < -0.39 is 5.91 Å². The van der Waals surface area contributed by atoms with Crippen molar-refractivity contribution in [2.45, 2.75) is 40.7 Å². The van der Waals surface area contributed by atoms with Gasteiger partial charge in [-0.25, -0.2) is 0 Å². The second-order valence-corrected chi connectivity index (χ2v) is 8.47. The number of carbonyl (C=O) groups is 1. The van der Waals surface area contributed by atoms with Crippen molar-refractivity contribution in [2.75, 3.05) is 49.3 Å². The zero-order valence-electron chi connectivity index (χ0n) is 18.4. The molecular weight excluding hydrogens is 392 g/mol. The van der Waals surface area contributed by atoms with Crippen molar-refractivity contribution >= 4 is 29.4 Å². The Kier molecular flexibility index (Phi) is 8.15. The third kappa shape index (κ3) is 6.52. The zero-order valence-corrected chi connectivity index (χ0v) is 18.4. The number of rotatable bonds is 8. The Balaban J connectivity index is 0.00000341. The van der Waals surface area contributed by atoms with Gasteiger partial charge in [-0.1, -0.05) is 27.3 Å². The van der Waals surface area contributed by atoms with Crippen LogP contribution in [-0.4, -0.2) is 65.5 Å². The van der Waals surface area contributed by atoms with Gasteiger partial charge in [-0.05, 0) is 50.6 Å². The Morgan fingerprint density at radius 3 is 2.61 bits per heavy atom. The minimum absolute atomic E-state index is 0. The number of likely N-dealkylation sites (tertiary alicyclic amines) is 1. The molecule has 1 aromatic heterocycles. The number of hydrogen-bond acceptors (Lipinski definition) is 8. The van der Waals surface area contributed by atoms with Gasteiger partial charge < -0.3 is 26.2 Å². The van der Waals surface area contributed by atoms with Crippen LogP contribution in [-0.2, 0) is 0 Å². The van der Waals surface area contributed by atoms with E-state index in [0.717, 1.165) is 37.3 Å². The van der Waals surface area contributed by atoms with Gasteiger partial charge in [0.2, 0.25) is 23.8 Å². The van der Waals surface area contributed by atoms with E-state index in [9.17, 15) is 4.79 Å². The number of hydrogen-bond donors (Lipinski definition) is 3. The van der Waals surface area contributed by atoms with Gasteiger partial charge in [0, 0.05) is 37.4 Å². The van der Waals surface area contributed by atoms with E-state index in [-0.39, 0.29) is 7.43 Å². The van der Waals surface area contributed by atoms with Gasteiger partial charge in [-0.2, -0.15) is 15.0 Å². The standard InChI is InChI=1S/C21H32N8O.CH4/c1-13(2)11-29(5)21-26-19(23-16-8-9-28(4)12-16)25-20(27-21)24-17-10-15(18(22)30)7-6-14(17)3;/h6-7,10,13,16H,8-9,11-12H2,1-5H3,(H2,22,30)(H2,23,24,25,26,27);1H4. The van der Waals surface area contributed by atoms with Gasteiger partial charge in [0.25, 0.3) is 0 Å². The molecule has 1 aromatic carbocycles. The van der Waals surface area contributed by atoms with Gasteiger partial charge in [0.15, 0.2) is 0 Å². The number of primary amides is 1. The number of carbonyl (C=O) groups excluding carboxylic acids is 1. The van der Waals surface area contributed by atoms with E-state index in [4.69, 9.17) is 5.73 Å². The van der Waals surface area contributed by atoms with Crippen molar-refractivity contribution in [3.8, 4) is 0 Å². The average Bonchev–Trinajstić information content (AvgIpc) is 3.07. The Bertz CT molecular complexity index is 901. The highest BCUT2D eigenvalue weighted by Crippen LogP contribution is 2.23. The number of nitrogens with two attached hydrogens (primary N) is 1. The molecule has 9 nitrogen and oxygen atoms in total. The molecule has 9 heteroatoms. The lowest BCUT2D eigenvalue weighted by Gasteiger charge is -2.21. The molecule has 0 bridgehead atoms. The molecule has 0 saturated carbocycles. The highest BCUT2D eigenvalue weighted by atomic mass is 16.1. The van der Waals surface area contributed by atoms with Gasteiger partial charge in [0.1, 0.15) is 0 Å². The van der Waals surface area contributed by atoms with Crippen LogP contribution in [0.1, 0.15) is 43.6 Å². The van der Waals surface area contributed by atoms with Crippen molar-refractivity contribution in [1.82, 2.24) is 19.9 Å². The van der Waals surface area contributed by atoms with Crippen LogP contribution < -0.4 is 21.3 Å². The Morgan fingerprint density at radius 2 is 2.00 bits per heavy atom. The third-order valence-electron chi connectivity index (χ3n) is 5.10. The van der Waals surface area contributed by atoms with Gasteiger partial charge >= 0.3 is 0 Å². The molecule has 2 aromatic rings. The van der Waals surface area contributed by atoms with Crippen LogP contribution in [0.15, 0.2) is 18.2 Å². The van der Waals surface area contributed by atoms with Crippen LogP contribution in [0.25, 0.3) is 0 Å². The first kappa shape index (κ1) is 24.3. The van der Waals surface area contributed by atoms with Crippen molar-refractivity contribution in [3.63, 3.8) is 0 Å². The molecule has 170 valence electrons. The molecular formula is C22H36N8O. The minimum Gasteiger partial charge on any atom is -0.366 e. The van der Waals surface area contributed by atoms with Gasteiger partial charge in [0.05, 0.1) is 0 Å². The summed E-state index contributed by atoms with van der Waals surface area (Å²) < 4.78 is 0. The maximum absolute atomic E-state index is 11.6. The Hall–Kier alpha value is -2.94. The molecule has 0 aliphatic carbocycles. The quantitative estimate of drug-likeness (QED) is 0.588. The number of benzene rings is 1. The summed E-state index contributed by atoms with van der Waals surface area (Å²) >= 11 is 0. The number of anilines is 4. The second-order valence-electron chi connectivity index (χ2n) is 8.47. The summed E-state index contributed by atoms with van der Waals surface area (Å²) in [5.41, 5.74) is 7.57. The Labute approximate surface area is 185 Å². The van der Waals surface area contributed by atoms with Gasteiger partial charge in [-0.15, -0.1) is 0 Å². The Morgan fingerprint density at radius 1 is 1.29 bits per heavy atom. The number of nitrogens with zero attached hydrogens (tertiary/aromatic N) is 5. The van der Waals surface area contributed by atoms with Crippen LogP contribution in [0.5, 0.6) is 0 Å². The first-order chi connectivity index (χ1) is 14.2. The largest absolute Gasteiger partial charge is 0.366 e. The summed E-state index contributed by atoms with van der Waals surface area (Å²) in [5, 5.41) is 6.69. The summed E-state index contributed by atoms with van der Waals surface area (Å²) in [5.74, 6) is 1.56. The summed E-state index contributed by atoms with van der Waals surface area (Å²) in [6, 6.07) is 5.58. The van der Waals surface area contributed by atoms with Crippen LogP contribution in [0.2, 0.25) is 0 Å². The third-order valence-corrected chi connectivity index (χ3v) is 5.10. The predicted octanol–water partition coefficient (Wildman–Crippen LogP) is 2.87. The first-order valence-corrected chi connectivity index (χ1v) is 10.3. The summed E-state index contributed by atoms with van der Waals surface area (Å²) in [7, 11) is 4.09. The van der Waals surface area contributed by atoms with Crippen LogP contribution in [0.4, 0.5) is 23.5 Å². The number of aromatic nitrogens is 3. The lowest BCUT2D eigenvalue weighted by molar-refractivity contribution is 0.100. The molecule has 3 rings (SSSR count). The molecule has 1 saturated heterocycles. The molecule has 1 atom stereocenters. The van der Waals surface area contributed by atoms with E-state index in [1.165, 1.54) is 0 Å². The molecule has 2 heterocycles. The van der Waals surface area contributed by atoms with Crippen LogP contribution in [0.3, 0.4) is 0 Å². The van der Waals surface area contributed by atoms with Gasteiger partial charge in [-0.3, -0.25) is 4.79 Å². The van der Waals surface area contributed by atoms with E-state index in [1.54, 1.807) is 12.1 Å². The monoisotopic (exact) mass is 428 g/mol. The molecule has 1 unspecified atom stereocenters. The fourth-order valence-electron chi connectivity index (χ4n) is 3.55. The lowest BCUT2D eigenvalue weighted by Crippen LogP contribution is -2.28. The average molecular weight is 429 g/mol. The smallest absolute Gasteiger partial charge is 0.248 e. The normalized spacial score (nSPS) is 16.1. The minimum atomic E-state index is -0.473. The maximum atomic E-state index is 11.6. The molecule has 1 aliphatic rings. The topological polar surface area (TPSA) is 112 Å². The fraction of sp³-hybridized carbons (Fsp3) is 0.545. The molecule has 31 heavy (non-hydrogen) atoms. The van der Waals surface area contributed by atoms with Crippen molar-refractivity contribution in [1.29, 1.82) is 0 Å². The summed E-state index contributed by atoms with van der Waals surface area (Å²) in [4.78, 5) is 29.7. The molecule has 0 spiro atoms. The van der Waals surface area contributed by atoms with E-state index in [0.29, 0.717) is 35.4 Å². The van der Waals surface area contributed by atoms with Crippen LogP contribution >= 0.6 is 0 Å². The van der Waals surface area contributed by atoms with E-state index >= 15 is 0 Å². The number of nitrogens with one attached hydrogen (secondary N) is 2. The second kappa shape index (κ2) is 10.4. The molecule has 4 N–H and O–H groups in total. The van der Waals surface area contributed by atoms with Crippen LogP contribution in [0, 0.1) is 12.8 Å². The predicted molar refractivity (Wildman–Crippen MR) is 127 cm³/mol. The lowest BCUT2D eigenvalue weighted by atomic mass is 10.1. The molecule has 1 fully saturated rings. The highest BCUT2D eigenvalue weighted by Gasteiger charge is 2.21.